The van der Waals surface area contributed by atoms with Crippen molar-refractivity contribution >= 4 is 42.4 Å². The standard InChI is InChI=1S/C9H8N2O4.C6H10O4S.C5H8O3/c1-10-6(9(14)15-2)5-11-7(12)3-4-8(11)13;1-8-6(7)5(4-11)3-10-9-2;1-4(3-6)5(7)8-2/h5H,3-4H2,2H3;4,11H,3H2,1-2H3;3,6H,1-2H3/b6-5+;5-4-;4-3-. The van der Waals surface area contributed by atoms with E-state index in [-0.39, 0.29) is 30.7 Å². The molecule has 2 amide bonds. The Hall–Kier alpha value is -3.67. The van der Waals surface area contributed by atoms with E-state index in [1.165, 1.54) is 33.7 Å². The number of aliphatic hydroxyl groups excluding tert-OH is 1. The van der Waals surface area contributed by atoms with Crippen molar-refractivity contribution in [1.29, 1.82) is 0 Å². The molecule has 0 aromatic heterocycles. The van der Waals surface area contributed by atoms with E-state index in [1.807, 2.05) is 0 Å². The van der Waals surface area contributed by atoms with E-state index in [0.717, 1.165) is 18.2 Å². The topological polar surface area (TPSA) is 159 Å². The molecule has 0 atom stereocenters. The van der Waals surface area contributed by atoms with Crippen molar-refractivity contribution in [2.24, 2.45) is 0 Å². The third kappa shape index (κ3) is 12.4. The van der Waals surface area contributed by atoms with Crippen molar-refractivity contribution in [2.45, 2.75) is 19.8 Å². The number of hydrogen-bond donors (Lipinski definition) is 2. The smallest absolute Gasteiger partial charge is 0.337 e. The predicted octanol–water partition coefficient (Wildman–Crippen LogP) is 1.24. The van der Waals surface area contributed by atoms with Crippen LogP contribution in [0.3, 0.4) is 0 Å². The number of rotatable bonds is 7. The number of amides is 2. The Labute approximate surface area is 201 Å². The van der Waals surface area contributed by atoms with Crippen molar-refractivity contribution in [3.63, 3.8) is 0 Å². The van der Waals surface area contributed by atoms with E-state index in [9.17, 15) is 24.0 Å². The van der Waals surface area contributed by atoms with Gasteiger partial charge < -0.3 is 19.3 Å². The summed E-state index contributed by atoms with van der Waals surface area (Å²) in [6.07, 6.45) is 1.87. The number of imide groups is 1. The lowest BCUT2D eigenvalue weighted by molar-refractivity contribution is -0.265. The van der Waals surface area contributed by atoms with Gasteiger partial charge in [0.2, 0.25) is 11.8 Å². The normalized spacial score (nSPS) is 13.6. The fraction of sp³-hybridized carbons (Fsp3) is 0.400. The molecule has 34 heavy (non-hydrogen) atoms. The van der Waals surface area contributed by atoms with Crippen LogP contribution in [0.15, 0.2) is 34.7 Å². The molecule has 0 spiro atoms. The number of carbonyl (C=O) groups excluding carboxylic acids is 5. The Morgan fingerprint density at radius 1 is 1.03 bits per heavy atom. The Morgan fingerprint density at radius 3 is 1.85 bits per heavy atom. The van der Waals surface area contributed by atoms with Gasteiger partial charge in [-0.15, -0.1) is 0 Å². The van der Waals surface area contributed by atoms with Gasteiger partial charge in [-0.1, -0.05) is 0 Å². The molecule has 0 aliphatic carbocycles. The van der Waals surface area contributed by atoms with Gasteiger partial charge in [-0.25, -0.2) is 24.2 Å². The molecule has 1 heterocycles. The molecule has 13 nitrogen and oxygen atoms in total. The maximum atomic E-state index is 11.2. The molecule has 14 heteroatoms. The number of methoxy groups -OCH3 is 3. The zero-order valence-electron chi connectivity index (χ0n) is 19.2. The zero-order chi connectivity index (χ0) is 26.7. The van der Waals surface area contributed by atoms with Gasteiger partial charge in [-0.2, -0.15) is 12.6 Å². The minimum atomic E-state index is -0.863. The third-order valence-corrected chi connectivity index (χ3v) is 3.80. The number of esters is 3. The molecule has 1 N–H and O–H groups in total. The van der Waals surface area contributed by atoms with Crippen molar-refractivity contribution in [3.8, 4) is 0 Å². The fourth-order valence-electron chi connectivity index (χ4n) is 1.71. The lowest BCUT2D eigenvalue weighted by atomic mass is 10.3. The number of likely N-dealkylation sites (tertiary alicyclic amines) is 1. The van der Waals surface area contributed by atoms with Crippen LogP contribution in [0.25, 0.3) is 4.85 Å². The van der Waals surface area contributed by atoms with Crippen LogP contribution >= 0.6 is 12.6 Å². The summed E-state index contributed by atoms with van der Waals surface area (Å²) in [4.78, 5) is 66.8. The lowest BCUT2D eigenvalue weighted by Gasteiger charge is -2.07. The van der Waals surface area contributed by atoms with Crippen LogP contribution in [0.4, 0.5) is 0 Å². The molecular weight excluding hydrogens is 476 g/mol. The molecule has 1 saturated heterocycles. The Morgan fingerprint density at radius 2 is 1.53 bits per heavy atom. The van der Waals surface area contributed by atoms with E-state index in [1.54, 1.807) is 0 Å². The van der Waals surface area contributed by atoms with Gasteiger partial charge in [0.15, 0.2) is 0 Å². The number of ether oxygens (including phenoxy) is 3. The van der Waals surface area contributed by atoms with Gasteiger partial charge in [0.1, 0.15) is 6.61 Å². The van der Waals surface area contributed by atoms with Crippen molar-refractivity contribution < 1.29 is 53.1 Å². The van der Waals surface area contributed by atoms with E-state index in [4.69, 9.17) is 11.7 Å². The quantitative estimate of drug-likeness (QED) is 0.0593. The van der Waals surface area contributed by atoms with Crippen molar-refractivity contribution in [1.82, 2.24) is 4.90 Å². The molecule has 0 saturated carbocycles. The second-order valence-corrected chi connectivity index (χ2v) is 5.91. The first-order chi connectivity index (χ1) is 16.1. The van der Waals surface area contributed by atoms with Gasteiger partial charge in [0, 0.05) is 19.0 Å². The van der Waals surface area contributed by atoms with Crippen LogP contribution in [-0.4, -0.2) is 74.8 Å². The summed E-state index contributed by atoms with van der Waals surface area (Å²) in [7, 11) is 5.02. The SMILES string of the molecule is COC(=O)/C(C)=C\O.COOC/C(=C/S)C(=O)OC.[C-]#[N+]/C(=C/N1C(=O)CCC1=O)C(=O)OC. The van der Waals surface area contributed by atoms with Crippen LogP contribution in [0, 0.1) is 6.57 Å². The molecule has 188 valence electrons. The highest BCUT2D eigenvalue weighted by molar-refractivity contribution is 7.83. The Bertz CT molecular complexity index is 856. The molecule has 1 aliphatic rings. The number of hydrogen-bond acceptors (Lipinski definition) is 12. The van der Waals surface area contributed by atoms with Crippen LogP contribution in [0.2, 0.25) is 0 Å². The zero-order valence-corrected chi connectivity index (χ0v) is 20.1. The van der Waals surface area contributed by atoms with Gasteiger partial charge in [-0.3, -0.25) is 19.3 Å². The minimum Gasteiger partial charge on any atom is -0.515 e. The largest absolute Gasteiger partial charge is 0.515 e. The summed E-state index contributed by atoms with van der Waals surface area (Å²) in [6, 6.07) is 0. The van der Waals surface area contributed by atoms with Gasteiger partial charge in [-0.05, 0) is 12.3 Å². The summed E-state index contributed by atoms with van der Waals surface area (Å²) >= 11 is 3.78. The highest BCUT2D eigenvalue weighted by atomic mass is 32.1. The summed E-state index contributed by atoms with van der Waals surface area (Å²) < 4.78 is 13.0. The number of aliphatic hydroxyl groups is 1. The van der Waals surface area contributed by atoms with Gasteiger partial charge >= 0.3 is 17.9 Å². The predicted molar refractivity (Wildman–Crippen MR) is 118 cm³/mol. The van der Waals surface area contributed by atoms with Crippen molar-refractivity contribution in [2.75, 3.05) is 35.0 Å². The Kier molecular flexibility index (Phi) is 18.0. The maximum Gasteiger partial charge on any atom is 0.337 e. The number of nitrogens with zero attached hydrogens (tertiary/aromatic N) is 2. The fourth-order valence-corrected chi connectivity index (χ4v) is 1.89. The average molecular weight is 502 g/mol. The summed E-state index contributed by atoms with van der Waals surface area (Å²) in [5, 5.41) is 9.48. The minimum absolute atomic E-state index is 0.0344. The van der Waals surface area contributed by atoms with Gasteiger partial charge in [0.25, 0.3) is 5.70 Å². The molecule has 1 aliphatic heterocycles. The molecule has 0 radical (unpaired) electrons. The number of carbonyl (C=O) groups is 5. The monoisotopic (exact) mass is 502 g/mol. The molecule has 0 bridgehead atoms. The number of thiol groups is 1. The highest BCUT2D eigenvalue weighted by Gasteiger charge is 2.28. The first-order valence-corrected chi connectivity index (χ1v) is 9.58. The maximum absolute atomic E-state index is 11.2. The van der Waals surface area contributed by atoms with Crippen LogP contribution in [0.1, 0.15) is 19.8 Å². The molecule has 0 unspecified atom stereocenters. The highest BCUT2D eigenvalue weighted by Crippen LogP contribution is 2.14. The van der Waals surface area contributed by atoms with E-state index >= 15 is 0 Å². The first kappa shape index (κ1) is 32.5. The van der Waals surface area contributed by atoms with E-state index in [0.29, 0.717) is 11.8 Å². The molecule has 0 aromatic carbocycles. The van der Waals surface area contributed by atoms with Gasteiger partial charge in [0.05, 0.1) is 52.4 Å². The Balaban J connectivity index is 0. The summed E-state index contributed by atoms with van der Waals surface area (Å²) in [5.74, 6) is -2.67. The summed E-state index contributed by atoms with van der Waals surface area (Å²) in [6.45, 7) is 8.19. The van der Waals surface area contributed by atoms with E-state index in [2.05, 4.69) is 41.5 Å². The lowest BCUT2D eigenvalue weighted by Crippen LogP contribution is -2.24. The average Bonchev–Trinajstić information content (AvgIpc) is 3.18. The van der Waals surface area contributed by atoms with Crippen molar-refractivity contribution in [3.05, 3.63) is 46.1 Å². The molecule has 1 rings (SSSR count). The van der Waals surface area contributed by atoms with Crippen LogP contribution in [-0.2, 0) is 48.0 Å². The second-order valence-electron chi connectivity index (χ2n) is 5.65. The third-order valence-electron chi connectivity index (χ3n) is 3.49. The van der Waals surface area contributed by atoms with E-state index < -0.39 is 29.7 Å². The molecular formula is C20H26N2O11S. The molecule has 0 aromatic rings. The first-order valence-electron chi connectivity index (χ1n) is 9.07. The summed E-state index contributed by atoms with van der Waals surface area (Å²) in [5.41, 5.74) is 0.117. The van der Waals surface area contributed by atoms with Crippen LogP contribution in [0.5, 0.6) is 0 Å². The second kappa shape index (κ2) is 18.9. The molecule has 1 fully saturated rings. The van der Waals surface area contributed by atoms with Crippen LogP contribution < -0.4 is 0 Å².